The predicted molar refractivity (Wildman–Crippen MR) is 75.9 cm³/mol. The third-order valence-corrected chi connectivity index (χ3v) is 3.47. The Labute approximate surface area is 117 Å². The minimum Gasteiger partial charge on any atom is -0.392 e. The van der Waals surface area contributed by atoms with Crippen LogP contribution >= 0.6 is 0 Å². The van der Waals surface area contributed by atoms with E-state index in [0.29, 0.717) is 5.56 Å². The van der Waals surface area contributed by atoms with Gasteiger partial charge in [-0.1, -0.05) is 11.2 Å². The lowest BCUT2D eigenvalue weighted by molar-refractivity contribution is 0.00697. The molecule has 1 heterocycles. The zero-order chi connectivity index (χ0) is 13.8. The van der Waals surface area contributed by atoms with Crippen LogP contribution in [0.3, 0.4) is 0 Å². The summed E-state index contributed by atoms with van der Waals surface area (Å²) in [6.07, 6.45) is 8.30. The van der Waals surface area contributed by atoms with Gasteiger partial charge in [0.2, 0.25) is 0 Å². The molecule has 3 nitrogen and oxygen atoms in total. The van der Waals surface area contributed by atoms with Crippen LogP contribution in [0.2, 0.25) is 0 Å². The Morgan fingerprint density at radius 3 is 2.60 bits per heavy atom. The molecule has 3 rings (SSSR count). The Hall–Kier alpha value is -2.23. The van der Waals surface area contributed by atoms with Gasteiger partial charge in [0.05, 0.1) is 6.21 Å². The van der Waals surface area contributed by atoms with E-state index >= 15 is 0 Å². The highest BCUT2D eigenvalue weighted by Gasteiger charge is 2.18. The van der Waals surface area contributed by atoms with Crippen LogP contribution in [0.25, 0.3) is 11.1 Å². The standard InChI is InChI=1S/C16H15FN2O/c17-16-10-13(12-6-8-18-9-7-12)4-5-14(16)11-19-20-15-2-1-3-15/h4-11,15H,1-3H2/b19-11+. The molecular formula is C16H15FN2O. The first kappa shape index (κ1) is 12.8. The monoisotopic (exact) mass is 270 g/mol. The van der Waals surface area contributed by atoms with E-state index in [1.807, 2.05) is 18.2 Å². The first-order valence-corrected chi connectivity index (χ1v) is 6.72. The molecule has 1 aromatic heterocycles. The van der Waals surface area contributed by atoms with Gasteiger partial charge in [-0.15, -0.1) is 0 Å². The molecule has 0 amide bonds. The SMILES string of the molecule is Fc1cc(-c2ccncc2)ccc1/C=N/OC1CCC1. The van der Waals surface area contributed by atoms with E-state index in [0.717, 1.165) is 24.0 Å². The molecular weight excluding hydrogens is 255 g/mol. The molecule has 1 saturated carbocycles. The maximum absolute atomic E-state index is 14.0. The number of pyridine rings is 1. The number of halogens is 1. The maximum atomic E-state index is 14.0. The van der Waals surface area contributed by atoms with E-state index in [-0.39, 0.29) is 11.9 Å². The summed E-state index contributed by atoms with van der Waals surface area (Å²) >= 11 is 0. The van der Waals surface area contributed by atoms with Crippen molar-refractivity contribution in [2.75, 3.05) is 0 Å². The van der Waals surface area contributed by atoms with Crippen molar-refractivity contribution < 1.29 is 9.23 Å². The van der Waals surface area contributed by atoms with E-state index in [2.05, 4.69) is 10.1 Å². The summed E-state index contributed by atoms with van der Waals surface area (Å²) in [5, 5.41) is 3.85. The quantitative estimate of drug-likeness (QED) is 0.625. The highest BCUT2D eigenvalue weighted by Crippen LogP contribution is 2.23. The van der Waals surface area contributed by atoms with Crippen molar-refractivity contribution in [2.45, 2.75) is 25.4 Å². The first-order valence-electron chi connectivity index (χ1n) is 6.72. The van der Waals surface area contributed by atoms with E-state index in [4.69, 9.17) is 4.84 Å². The molecule has 0 aliphatic heterocycles. The van der Waals surface area contributed by atoms with Gasteiger partial charge < -0.3 is 4.84 Å². The molecule has 1 aromatic carbocycles. The van der Waals surface area contributed by atoms with Crippen LogP contribution in [0.15, 0.2) is 47.9 Å². The number of benzene rings is 1. The first-order chi connectivity index (χ1) is 9.83. The fourth-order valence-electron chi connectivity index (χ4n) is 2.01. The van der Waals surface area contributed by atoms with Crippen molar-refractivity contribution in [2.24, 2.45) is 5.16 Å². The normalized spacial score (nSPS) is 15.2. The number of rotatable bonds is 4. The summed E-state index contributed by atoms with van der Waals surface area (Å²) in [7, 11) is 0. The predicted octanol–water partition coefficient (Wildman–Crippen LogP) is 3.79. The summed E-state index contributed by atoms with van der Waals surface area (Å²) in [5.41, 5.74) is 2.19. The lowest BCUT2D eigenvalue weighted by Gasteiger charge is -2.22. The van der Waals surface area contributed by atoms with Crippen LogP contribution in [-0.4, -0.2) is 17.3 Å². The molecule has 0 radical (unpaired) electrons. The minimum absolute atomic E-state index is 0.213. The Bertz CT molecular complexity index is 609. The Morgan fingerprint density at radius 2 is 1.95 bits per heavy atom. The molecule has 1 aliphatic carbocycles. The largest absolute Gasteiger partial charge is 0.392 e. The molecule has 0 N–H and O–H groups in total. The van der Waals surface area contributed by atoms with Gasteiger partial charge >= 0.3 is 0 Å². The fourth-order valence-corrected chi connectivity index (χ4v) is 2.01. The van der Waals surface area contributed by atoms with Crippen LogP contribution in [0.4, 0.5) is 4.39 Å². The molecule has 0 unspecified atom stereocenters. The molecule has 2 aromatic rings. The summed E-state index contributed by atoms with van der Waals surface area (Å²) in [4.78, 5) is 9.20. The second kappa shape index (κ2) is 5.82. The molecule has 0 saturated heterocycles. The molecule has 1 fully saturated rings. The van der Waals surface area contributed by atoms with Gasteiger partial charge in [-0.2, -0.15) is 0 Å². The van der Waals surface area contributed by atoms with Gasteiger partial charge in [-0.25, -0.2) is 4.39 Å². The van der Waals surface area contributed by atoms with Gasteiger partial charge in [0.15, 0.2) is 0 Å². The van der Waals surface area contributed by atoms with E-state index in [9.17, 15) is 4.39 Å². The molecule has 0 atom stereocenters. The van der Waals surface area contributed by atoms with Gasteiger partial charge in [0.25, 0.3) is 0 Å². The molecule has 0 spiro atoms. The van der Waals surface area contributed by atoms with Crippen molar-refractivity contribution >= 4 is 6.21 Å². The molecule has 4 heteroatoms. The average molecular weight is 270 g/mol. The summed E-state index contributed by atoms with van der Waals surface area (Å²) in [6, 6.07) is 8.77. The third-order valence-electron chi connectivity index (χ3n) is 3.47. The number of oxime groups is 1. The minimum atomic E-state index is -0.305. The smallest absolute Gasteiger partial charge is 0.132 e. The molecule has 20 heavy (non-hydrogen) atoms. The number of aromatic nitrogens is 1. The van der Waals surface area contributed by atoms with Crippen LogP contribution in [0.5, 0.6) is 0 Å². The Morgan fingerprint density at radius 1 is 1.15 bits per heavy atom. The maximum Gasteiger partial charge on any atom is 0.132 e. The van der Waals surface area contributed by atoms with Crippen LogP contribution in [0.1, 0.15) is 24.8 Å². The van der Waals surface area contributed by atoms with Gasteiger partial charge in [-0.05, 0) is 54.7 Å². The molecule has 1 aliphatic rings. The van der Waals surface area contributed by atoms with Gasteiger partial charge in [0.1, 0.15) is 11.9 Å². The summed E-state index contributed by atoms with van der Waals surface area (Å²) in [6.45, 7) is 0. The lowest BCUT2D eigenvalue weighted by Crippen LogP contribution is -2.18. The topological polar surface area (TPSA) is 34.5 Å². The van der Waals surface area contributed by atoms with Crippen LogP contribution < -0.4 is 0 Å². The van der Waals surface area contributed by atoms with Gasteiger partial charge in [-0.3, -0.25) is 4.98 Å². The second-order valence-corrected chi connectivity index (χ2v) is 4.87. The third kappa shape index (κ3) is 2.85. The van der Waals surface area contributed by atoms with E-state index in [1.54, 1.807) is 18.5 Å². The van der Waals surface area contributed by atoms with Crippen LogP contribution in [-0.2, 0) is 4.84 Å². The lowest BCUT2D eigenvalue weighted by atomic mass is 9.97. The number of hydrogen-bond acceptors (Lipinski definition) is 3. The number of hydrogen-bond donors (Lipinski definition) is 0. The summed E-state index contributed by atoms with van der Waals surface area (Å²) in [5.74, 6) is -0.305. The van der Waals surface area contributed by atoms with Crippen molar-refractivity contribution in [1.82, 2.24) is 4.98 Å². The van der Waals surface area contributed by atoms with Crippen molar-refractivity contribution in [3.63, 3.8) is 0 Å². The van der Waals surface area contributed by atoms with Gasteiger partial charge in [0, 0.05) is 18.0 Å². The van der Waals surface area contributed by atoms with E-state index in [1.165, 1.54) is 18.7 Å². The Kier molecular flexibility index (Phi) is 3.72. The zero-order valence-electron chi connectivity index (χ0n) is 11.0. The molecule has 102 valence electrons. The zero-order valence-corrected chi connectivity index (χ0v) is 11.0. The fraction of sp³-hybridized carbons (Fsp3) is 0.250. The van der Waals surface area contributed by atoms with Crippen molar-refractivity contribution in [3.8, 4) is 11.1 Å². The average Bonchev–Trinajstić information content (AvgIpc) is 2.44. The second-order valence-electron chi connectivity index (χ2n) is 4.87. The number of nitrogens with zero attached hydrogens (tertiary/aromatic N) is 2. The van der Waals surface area contributed by atoms with Crippen molar-refractivity contribution in [1.29, 1.82) is 0 Å². The highest BCUT2D eigenvalue weighted by atomic mass is 19.1. The van der Waals surface area contributed by atoms with E-state index < -0.39 is 0 Å². The highest BCUT2D eigenvalue weighted by molar-refractivity contribution is 5.81. The van der Waals surface area contributed by atoms with Crippen molar-refractivity contribution in [3.05, 3.63) is 54.1 Å². The summed E-state index contributed by atoms with van der Waals surface area (Å²) < 4.78 is 14.0. The van der Waals surface area contributed by atoms with Crippen LogP contribution in [0, 0.1) is 5.82 Å². The molecule has 0 bridgehead atoms. The Balaban J connectivity index is 1.73.